The van der Waals surface area contributed by atoms with Gasteiger partial charge in [-0.15, -0.1) is 0 Å². The molecule has 10 nitrogen and oxygen atoms in total. The van der Waals surface area contributed by atoms with E-state index in [9.17, 15) is 19.2 Å². The van der Waals surface area contributed by atoms with Gasteiger partial charge in [-0.25, -0.2) is 0 Å². The summed E-state index contributed by atoms with van der Waals surface area (Å²) in [7, 11) is 4.98. The SMILES string of the molecule is CC.CC(C)C.CCN.CNC(=O)CNC(=O)CNC(=O)C(CC(C)C)NC(=O)CN(C)C. The number of nitrogens with two attached hydrogens (primary N) is 1. The maximum Gasteiger partial charge on any atom is 0.243 e. The predicted octanol–water partition coefficient (Wildman–Crippen LogP) is 0.711. The molecule has 0 aliphatic carbocycles. The maximum atomic E-state index is 12.2. The fraction of sp³-hybridized carbons (Fsp3) is 0.826. The largest absolute Gasteiger partial charge is 0.358 e. The third-order valence-electron chi connectivity index (χ3n) is 2.97. The number of nitrogens with zero attached hydrogens (tertiary/aromatic N) is 1. The highest BCUT2D eigenvalue weighted by Crippen LogP contribution is 2.05. The fourth-order valence-electron chi connectivity index (χ4n) is 1.85. The number of rotatable bonds is 10. The van der Waals surface area contributed by atoms with Gasteiger partial charge in [-0.3, -0.25) is 19.2 Å². The van der Waals surface area contributed by atoms with Crippen molar-refractivity contribution in [3.8, 4) is 0 Å². The molecule has 0 aliphatic rings. The molecular formula is C23H52N6O4. The van der Waals surface area contributed by atoms with Gasteiger partial charge in [0, 0.05) is 7.05 Å². The maximum absolute atomic E-state index is 12.2. The van der Waals surface area contributed by atoms with Crippen LogP contribution in [0.5, 0.6) is 0 Å². The Morgan fingerprint density at radius 1 is 0.848 bits per heavy atom. The first-order valence-electron chi connectivity index (χ1n) is 11.7. The first-order valence-corrected chi connectivity index (χ1v) is 11.7. The van der Waals surface area contributed by atoms with Gasteiger partial charge in [0.2, 0.25) is 23.6 Å². The summed E-state index contributed by atoms with van der Waals surface area (Å²) >= 11 is 0. The summed E-state index contributed by atoms with van der Waals surface area (Å²) in [4.78, 5) is 48.4. The van der Waals surface area contributed by atoms with Crippen molar-refractivity contribution in [2.45, 2.75) is 67.9 Å². The number of carbonyl (C=O) groups excluding carboxylic acids is 4. The van der Waals surface area contributed by atoms with E-state index in [2.05, 4.69) is 42.0 Å². The van der Waals surface area contributed by atoms with E-state index in [1.807, 2.05) is 34.6 Å². The van der Waals surface area contributed by atoms with Crippen molar-refractivity contribution < 1.29 is 19.2 Å². The zero-order chi connectivity index (χ0) is 27.0. The van der Waals surface area contributed by atoms with Crippen molar-refractivity contribution in [1.82, 2.24) is 26.2 Å². The van der Waals surface area contributed by atoms with Gasteiger partial charge in [-0.2, -0.15) is 0 Å². The second kappa shape index (κ2) is 26.1. The summed E-state index contributed by atoms with van der Waals surface area (Å²) in [6, 6.07) is -0.704. The molecule has 1 unspecified atom stereocenters. The minimum Gasteiger partial charge on any atom is -0.358 e. The first-order chi connectivity index (χ1) is 15.3. The molecule has 1 atom stereocenters. The number of amides is 4. The molecule has 0 saturated heterocycles. The van der Waals surface area contributed by atoms with Crippen LogP contribution in [0.1, 0.15) is 61.8 Å². The normalized spacial score (nSPS) is 10.4. The molecule has 0 bridgehead atoms. The van der Waals surface area contributed by atoms with Crippen LogP contribution >= 0.6 is 0 Å². The van der Waals surface area contributed by atoms with Crippen molar-refractivity contribution >= 4 is 23.6 Å². The summed E-state index contributed by atoms with van der Waals surface area (Å²) in [6.45, 7) is 16.8. The number of hydrogen-bond acceptors (Lipinski definition) is 6. The third kappa shape index (κ3) is 34.6. The van der Waals surface area contributed by atoms with Crippen LogP contribution < -0.4 is 27.0 Å². The predicted molar refractivity (Wildman–Crippen MR) is 137 cm³/mol. The van der Waals surface area contributed by atoms with E-state index in [4.69, 9.17) is 5.73 Å². The summed E-state index contributed by atoms with van der Waals surface area (Å²) in [5.74, 6) is -0.462. The van der Waals surface area contributed by atoms with Crippen LogP contribution in [0.15, 0.2) is 0 Å². The molecule has 198 valence electrons. The third-order valence-corrected chi connectivity index (χ3v) is 2.97. The molecule has 0 rings (SSSR count). The van der Waals surface area contributed by atoms with Crippen molar-refractivity contribution in [2.24, 2.45) is 17.6 Å². The molecule has 0 saturated carbocycles. The molecule has 10 heteroatoms. The first kappa shape index (κ1) is 38.1. The Balaban J connectivity index is -0.000000400. The Bertz CT molecular complexity index is 508. The minimum absolute atomic E-state index is 0.153. The van der Waals surface area contributed by atoms with E-state index >= 15 is 0 Å². The molecular weight excluding hydrogens is 424 g/mol. The zero-order valence-electron chi connectivity index (χ0n) is 22.9. The van der Waals surface area contributed by atoms with Crippen LogP contribution in [0, 0.1) is 11.8 Å². The molecule has 0 aromatic carbocycles. The van der Waals surface area contributed by atoms with Crippen molar-refractivity contribution in [3.05, 3.63) is 0 Å². The molecule has 0 aromatic heterocycles. The quantitative estimate of drug-likeness (QED) is 0.314. The smallest absolute Gasteiger partial charge is 0.243 e. The standard InChI is InChI=1S/C15H29N5O4.C4H10.C2H7N.C2H6/c1-10(2)6-11(19-14(23)9-20(4)5)15(24)18-8-13(22)17-7-12(21)16-3;1-4(2)3;1-2-3;1-2/h10-11H,6-9H2,1-5H3,(H,16,21)(H,17,22)(H,18,24)(H,19,23);4H,1-3H3;2-3H2,1H3;1-2H3. The van der Waals surface area contributed by atoms with Crippen molar-refractivity contribution in [1.29, 1.82) is 0 Å². The Labute approximate surface area is 202 Å². The lowest BCUT2D eigenvalue weighted by Crippen LogP contribution is -2.51. The Morgan fingerprint density at radius 2 is 1.27 bits per heavy atom. The van der Waals surface area contributed by atoms with Crippen LogP contribution in [0.25, 0.3) is 0 Å². The Morgan fingerprint density at radius 3 is 1.64 bits per heavy atom. The molecule has 0 heterocycles. The lowest BCUT2D eigenvalue weighted by Gasteiger charge is -2.21. The molecule has 0 spiro atoms. The zero-order valence-corrected chi connectivity index (χ0v) is 22.9. The van der Waals surface area contributed by atoms with Crippen LogP contribution in [0.3, 0.4) is 0 Å². The van der Waals surface area contributed by atoms with E-state index in [0.29, 0.717) is 6.42 Å². The molecule has 0 radical (unpaired) electrons. The highest BCUT2D eigenvalue weighted by molar-refractivity contribution is 5.91. The highest BCUT2D eigenvalue weighted by atomic mass is 16.2. The van der Waals surface area contributed by atoms with E-state index in [1.165, 1.54) is 7.05 Å². The van der Waals surface area contributed by atoms with E-state index in [0.717, 1.165) is 12.5 Å². The number of likely N-dealkylation sites (N-methyl/N-ethyl adjacent to an activating group) is 2. The number of carbonyl (C=O) groups is 4. The van der Waals surface area contributed by atoms with Crippen molar-refractivity contribution in [3.63, 3.8) is 0 Å². The summed E-state index contributed by atoms with van der Waals surface area (Å²) < 4.78 is 0. The van der Waals surface area contributed by atoms with Gasteiger partial charge >= 0.3 is 0 Å². The summed E-state index contributed by atoms with van der Waals surface area (Å²) in [5, 5.41) is 9.90. The van der Waals surface area contributed by atoms with Gasteiger partial charge in [-0.05, 0) is 38.9 Å². The topological polar surface area (TPSA) is 146 Å². The minimum atomic E-state index is -0.704. The molecule has 0 aromatic rings. The Kier molecular flexibility index (Phi) is 30.1. The van der Waals surface area contributed by atoms with Crippen LogP contribution in [0.2, 0.25) is 0 Å². The van der Waals surface area contributed by atoms with Gasteiger partial charge < -0.3 is 31.9 Å². The van der Waals surface area contributed by atoms with E-state index < -0.39 is 17.9 Å². The van der Waals surface area contributed by atoms with Crippen LogP contribution in [-0.4, -0.2) is 81.9 Å². The van der Waals surface area contributed by atoms with Gasteiger partial charge in [0.05, 0.1) is 19.6 Å². The van der Waals surface area contributed by atoms with Gasteiger partial charge in [0.1, 0.15) is 6.04 Å². The van der Waals surface area contributed by atoms with E-state index in [1.54, 1.807) is 19.0 Å². The van der Waals surface area contributed by atoms with Crippen molar-refractivity contribution in [2.75, 3.05) is 47.3 Å². The summed E-state index contributed by atoms with van der Waals surface area (Å²) in [6.07, 6.45) is 0.463. The van der Waals surface area contributed by atoms with Crippen LogP contribution in [0.4, 0.5) is 0 Å². The average Bonchev–Trinajstić information content (AvgIpc) is 2.70. The van der Waals surface area contributed by atoms with Crippen LogP contribution in [-0.2, 0) is 19.2 Å². The lowest BCUT2D eigenvalue weighted by molar-refractivity contribution is -0.131. The molecule has 0 aliphatic heterocycles. The number of nitrogens with one attached hydrogen (secondary N) is 4. The average molecular weight is 477 g/mol. The van der Waals surface area contributed by atoms with E-state index in [-0.39, 0.29) is 37.4 Å². The fourth-order valence-corrected chi connectivity index (χ4v) is 1.85. The van der Waals surface area contributed by atoms with Gasteiger partial charge in [-0.1, -0.05) is 55.4 Å². The van der Waals surface area contributed by atoms with Gasteiger partial charge in [0.15, 0.2) is 0 Å². The number of hydrogen-bond donors (Lipinski definition) is 5. The Hall–Kier alpha value is -2.20. The lowest BCUT2D eigenvalue weighted by atomic mass is 10.0. The molecule has 0 fully saturated rings. The monoisotopic (exact) mass is 476 g/mol. The molecule has 4 amide bonds. The summed E-state index contributed by atoms with van der Waals surface area (Å²) in [5.41, 5.74) is 4.85. The van der Waals surface area contributed by atoms with Gasteiger partial charge in [0.25, 0.3) is 0 Å². The molecule has 33 heavy (non-hydrogen) atoms. The molecule has 6 N–H and O–H groups in total. The highest BCUT2D eigenvalue weighted by Gasteiger charge is 2.22. The second-order valence-corrected chi connectivity index (χ2v) is 8.30. The second-order valence-electron chi connectivity index (χ2n) is 8.30.